The van der Waals surface area contributed by atoms with Crippen molar-refractivity contribution in [3.8, 4) is 0 Å². The van der Waals surface area contributed by atoms with Crippen LogP contribution in [0.15, 0.2) is 47.4 Å². The summed E-state index contributed by atoms with van der Waals surface area (Å²) in [4.78, 5) is 24.5. The third-order valence-electron chi connectivity index (χ3n) is 4.35. The van der Waals surface area contributed by atoms with Crippen molar-refractivity contribution in [3.63, 3.8) is 0 Å². The lowest BCUT2D eigenvalue weighted by Crippen LogP contribution is -2.50. The minimum atomic E-state index is -3.73. The first kappa shape index (κ1) is 20.5. The lowest BCUT2D eigenvalue weighted by atomic mass is 10.1. The van der Waals surface area contributed by atoms with Crippen LogP contribution in [0.1, 0.15) is 10.4 Å². The minimum Gasteiger partial charge on any atom is -0.336 e. The first-order chi connectivity index (χ1) is 13.2. The second kappa shape index (κ2) is 8.04. The number of hydrogen-bond donors (Lipinski definition) is 0. The summed E-state index contributed by atoms with van der Waals surface area (Å²) >= 11 is 11.9. The maximum Gasteiger partial charge on any atom is 0.270 e. The van der Waals surface area contributed by atoms with Gasteiger partial charge in [0, 0.05) is 43.3 Å². The number of hydrogen-bond acceptors (Lipinski definition) is 5. The van der Waals surface area contributed by atoms with Gasteiger partial charge in [-0.3, -0.25) is 14.9 Å². The van der Waals surface area contributed by atoms with Crippen LogP contribution >= 0.6 is 23.2 Å². The maximum atomic E-state index is 12.7. The third kappa shape index (κ3) is 4.12. The van der Waals surface area contributed by atoms with Crippen LogP contribution in [0.25, 0.3) is 0 Å². The van der Waals surface area contributed by atoms with Crippen LogP contribution in [0.4, 0.5) is 5.69 Å². The van der Waals surface area contributed by atoms with Gasteiger partial charge in [0.25, 0.3) is 11.6 Å². The monoisotopic (exact) mass is 443 g/mol. The van der Waals surface area contributed by atoms with E-state index in [4.69, 9.17) is 23.2 Å². The molecule has 1 amide bonds. The van der Waals surface area contributed by atoms with Crippen LogP contribution in [0.3, 0.4) is 0 Å². The van der Waals surface area contributed by atoms with Crippen molar-refractivity contribution in [2.75, 3.05) is 26.2 Å². The van der Waals surface area contributed by atoms with Crippen molar-refractivity contribution >= 4 is 44.8 Å². The van der Waals surface area contributed by atoms with E-state index in [2.05, 4.69) is 0 Å². The second-order valence-corrected chi connectivity index (χ2v) is 8.86. The molecule has 1 aliphatic heterocycles. The van der Waals surface area contributed by atoms with Crippen LogP contribution in [-0.2, 0) is 10.0 Å². The number of nitro benzene ring substituents is 1. The van der Waals surface area contributed by atoms with Crippen molar-refractivity contribution in [2.45, 2.75) is 4.90 Å². The van der Waals surface area contributed by atoms with Gasteiger partial charge in [0.15, 0.2) is 0 Å². The van der Waals surface area contributed by atoms with E-state index in [0.717, 1.165) is 6.07 Å². The Kier molecular flexibility index (Phi) is 5.90. The van der Waals surface area contributed by atoms with Crippen LogP contribution in [0, 0.1) is 10.1 Å². The number of amides is 1. The lowest BCUT2D eigenvalue weighted by molar-refractivity contribution is -0.384. The number of carbonyl (C=O) groups is 1. The summed E-state index contributed by atoms with van der Waals surface area (Å²) in [7, 11) is -3.73. The SMILES string of the molecule is O=C(c1cc([N+](=O)[O-])ccc1Cl)N1CCN(S(=O)(=O)c2cccc(Cl)c2)CC1. The molecule has 2 aromatic rings. The van der Waals surface area contributed by atoms with Gasteiger partial charge in [-0.05, 0) is 24.3 Å². The number of sulfonamides is 1. The molecule has 0 saturated carbocycles. The van der Waals surface area contributed by atoms with Gasteiger partial charge < -0.3 is 4.90 Å². The fourth-order valence-electron chi connectivity index (χ4n) is 2.87. The molecule has 1 saturated heterocycles. The second-order valence-electron chi connectivity index (χ2n) is 6.07. The zero-order valence-electron chi connectivity index (χ0n) is 14.4. The molecule has 0 atom stereocenters. The summed E-state index contributed by atoms with van der Waals surface area (Å²) in [6.45, 7) is 0.454. The molecule has 1 heterocycles. The number of non-ortho nitro benzene ring substituents is 1. The molecule has 1 aliphatic rings. The highest BCUT2D eigenvalue weighted by atomic mass is 35.5. The van der Waals surface area contributed by atoms with E-state index in [1.807, 2.05) is 0 Å². The Bertz CT molecular complexity index is 1040. The first-order valence-electron chi connectivity index (χ1n) is 8.19. The molecule has 2 aromatic carbocycles. The highest BCUT2D eigenvalue weighted by molar-refractivity contribution is 7.89. The van der Waals surface area contributed by atoms with Gasteiger partial charge in [-0.2, -0.15) is 4.31 Å². The van der Waals surface area contributed by atoms with Gasteiger partial charge in [-0.15, -0.1) is 0 Å². The molecule has 148 valence electrons. The maximum absolute atomic E-state index is 12.7. The zero-order chi connectivity index (χ0) is 20.5. The van der Waals surface area contributed by atoms with E-state index in [1.54, 1.807) is 12.1 Å². The molecule has 1 fully saturated rings. The Morgan fingerprint density at radius 3 is 2.32 bits per heavy atom. The molecule has 0 spiro atoms. The zero-order valence-corrected chi connectivity index (χ0v) is 16.7. The largest absolute Gasteiger partial charge is 0.336 e. The molecule has 0 bridgehead atoms. The van der Waals surface area contributed by atoms with Gasteiger partial charge in [-0.25, -0.2) is 8.42 Å². The van der Waals surface area contributed by atoms with Gasteiger partial charge in [-0.1, -0.05) is 29.3 Å². The summed E-state index contributed by atoms with van der Waals surface area (Å²) in [5, 5.41) is 11.3. The van der Waals surface area contributed by atoms with Gasteiger partial charge in [0.05, 0.1) is 20.4 Å². The summed E-state index contributed by atoms with van der Waals surface area (Å²) in [5.41, 5.74) is -0.225. The van der Waals surface area contributed by atoms with E-state index in [9.17, 15) is 23.3 Å². The Labute approximate surface area is 171 Å². The van der Waals surface area contributed by atoms with E-state index in [-0.39, 0.29) is 47.3 Å². The average Bonchev–Trinajstić information content (AvgIpc) is 2.67. The molecule has 0 N–H and O–H groups in total. The minimum absolute atomic E-state index is 0.0158. The lowest BCUT2D eigenvalue weighted by Gasteiger charge is -2.34. The molecular formula is C17H15Cl2N3O5S. The van der Waals surface area contributed by atoms with E-state index < -0.39 is 20.9 Å². The molecule has 8 nitrogen and oxygen atoms in total. The Morgan fingerprint density at radius 2 is 1.71 bits per heavy atom. The molecule has 11 heteroatoms. The van der Waals surface area contributed by atoms with Crippen LogP contribution in [0.5, 0.6) is 0 Å². The van der Waals surface area contributed by atoms with Gasteiger partial charge in [0.2, 0.25) is 10.0 Å². The molecule has 0 aliphatic carbocycles. The number of nitrogens with zero attached hydrogens (tertiary/aromatic N) is 3. The van der Waals surface area contributed by atoms with Crippen molar-refractivity contribution in [1.82, 2.24) is 9.21 Å². The number of nitro groups is 1. The molecule has 28 heavy (non-hydrogen) atoms. The smallest absolute Gasteiger partial charge is 0.270 e. The standard InChI is InChI=1S/C17H15Cl2N3O5S/c18-12-2-1-3-14(10-12)28(26,27)21-8-6-20(7-9-21)17(23)15-11-13(22(24)25)4-5-16(15)19/h1-5,10-11H,6-9H2. The van der Waals surface area contributed by atoms with Crippen molar-refractivity contribution in [1.29, 1.82) is 0 Å². The number of piperazine rings is 1. The van der Waals surface area contributed by atoms with Gasteiger partial charge in [0.1, 0.15) is 0 Å². The first-order valence-corrected chi connectivity index (χ1v) is 10.4. The Hall–Kier alpha value is -2.20. The third-order valence-corrected chi connectivity index (χ3v) is 6.81. The molecular weight excluding hydrogens is 429 g/mol. The Morgan fingerprint density at radius 1 is 1.04 bits per heavy atom. The van der Waals surface area contributed by atoms with Crippen molar-refractivity contribution < 1.29 is 18.1 Å². The fourth-order valence-corrected chi connectivity index (χ4v) is 4.79. The number of halogens is 2. The van der Waals surface area contributed by atoms with Crippen LogP contribution < -0.4 is 0 Å². The summed E-state index contributed by atoms with van der Waals surface area (Å²) in [6, 6.07) is 9.61. The quantitative estimate of drug-likeness (QED) is 0.533. The summed E-state index contributed by atoms with van der Waals surface area (Å²) in [6.07, 6.45) is 0. The highest BCUT2D eigenvalue weighted by Gasteiger charge is 2.31. The normalized spacial score (nSPS) is 15.4. The molecule has 0 aromatic heterocycles. The number of rotatable bonds is 4. The van der Waals surface area contributed by atoms with Crippen molar-refractivity contribution in [2.24, 2.45) is 0 Å². The number of benzene rings is 2. The molecule has 3 rings (SSSR count). The van der Waals surface area contributed by atoms with E-state index >= 15 is 0 Å². The highest BCUT2D eigenvalue weighted by Crippen LogP contribution is 2.25. The topological polar surface area (TPSA) is 101 Å². The molecule has 0 radical (unpaired) electrons. The van der Waals surface area contributed by atoms with Gasteiger partial charge >= 0.3 is 0 Å². The predicted octanol–water partition coefficient (Wildman–Crippen LogP) is 3.05. The Balaban J connectivity index is 1.74. The number of carbonyl (C=O) groups excluding carboxylic acids is 1. The fraction of sp³-hybridized carbons (Fsp3) is 0.235. The summed E-state index contributed by atoms with van der Waals surface area (Å²) in [5.74, 6) is -0.478. The van der Waals surface area contributed by atoms with Crippen LogP contribution in [0.2, 0.25) is 10.0 Å². The van der Waals surface area contributed by atoms with E-state index in [1.165, 1.54) is 33.5 Å². The van der Waals surface area contributed by atoms with Crippen LogP contribution in [-0.4, -0.2) is 54.6 Å². The average molecular weight is 444 g/mol. The predicted molar refractivity (Wildman–Crippen MR) is 104 cm³/mol. The van der Waals surface area contributed by atoms with Crippen molar-refractivity contribution in [3.05, 3.63) is 68.2 Å². The summed E-state index contributed by atoms with van der Waals surface area (Å²) < 4.78 is 26.7. The molecule has 0 unspecified atom stereocenters. The van der Waals surface area contributed by atoms with E-state index in [0.29, 0.717) is 5.02 Å².